The van der Waals surface area contributed by atoms with Gasteiger partial charge in [0.05, 0.1) is 12.5 Å². The Morgan fingerprint density at radius 2 is 1.82 bits per heavy atom. The number of rotatable bonds is 6. The molecule has 2 rings (SSSR count). The summed E-state index contributed by atoms with van der Waals surface area (Å²) in [6.45, 7) is 2.20. The summed E-state index contributed by atoms with van der Waals surface area (Å²) in [5.74, 6) is -0.121. The lowest BCUT2D eigenvalue weighted by molar-refractivity contribution is -0.138. The first-order chi connectivity index (χ1) is 10.6. The van der Waals surface area contributed by atoms with E-state index in [4.69, 9.17) is 5.11 Å². The Kier molecular flexibility index (Phi) is 5.99. The van der Waals surface area contributed by atoms with Gasteiger partial charge in [-0.3, -0.25) is 9.59 Å². The fraction of sp³-hybridized carbons (Fsp3) is 0.556. The van der Waals surface area contributed by atoms with Crippen LogP contribution in [0.15, 0.2) is 30.3 Å². The molecule has 120 valence electrons. The molecule has 4 heteroatoms. The molecule has 1 aliphatic rings. The SMILES string of the molecule is CCC1CCC(C(=O)NC(CC(=O)O)c2ccccc2)CC1. The second kappa shape index (κ2) is 7.97. The Bertz CT molecular complexity index is 492. The van der Waals surface area contributed by atoms with Crippen molar-refractivity contribution in [2.45, 2.75) is 51.5 Å². The Morgan fingerprint density at radius 3 is 2.36 bits per heavy atom. The largest absolute Gasteiger partial charge is 0.481 e. The van der Waals surface area contributed by atoms with Crippen LogP contribution in [0.1, 0.15) is 57.1 Å². The van der Waals surface area contributed by atoms with Crippen LogP contribution in [0, 0.1) is 11.8 Å². The first kappa shape index (κ1) is 16.5. The minimum Gasteiger partial charge on any atom is -0.481 e. The smallest absolute Gasteiger partial charge is 0.305 e. The molecular weight excluding hydrogens is 278 g/mol. The van der Waals surface area contributed by atoms with E-state index in [2.05, 4.69) is 12.2 Å². The van der Waals surface area contributed by atoms with Crippen LogP contribution in [0.2, 0.25) is 0 Å². The molecule has 1 saturated carbocycles. The average Bonchev–Trinajstić information content (AvgIpc) is 2.54. The third-order valence-corrected chi connectivity index (χ3v) is 4.69. The summed E-state index contributed by atoms with van der Waals surface area (Å²) in [6, 6.07) is 8.89. The summed E-state index contributed by atoms with van der Waals surface area (Å²) < 4.78 is 0. The molecule has 4 nitrogen and oxygen atoms in total. The quantitative estimate of drug-likeness (QED) is 0.844. The third-order valence-electron chi connectivity index (χ3n) is 4.69. The monoisotopic (exact) mass is 303 g/mol. The molecule has 2 N–H and O–H groups in total. The zero-order valence-corrected chi connectivity index (χ0v) is 13.1. The summed E-state index contributed by atoms with van der Waals surface area (Å²) in [6.07, 6.45) is 5.13. The minimum atomic E-state index is -0.899. The second-order valence-corrected chi connectivity index (χ2v) is 6.20. The maximum atomic E-state index is 12.5. The molecule has 1 unspecified atom stereocenters. The van der Waals surface area contributed by atoms with Gasteiger partial charge >= 0.3 is 5.97 Å². The van der Waals surface area contributed by atoms with Crippen molar-refractivity contribution in [3.8, 4) is 0 Å². The van der Waals surface area contributed by atoms with E-state index in [9.17, 15) is 9.59 Å². The van der Waals surface area contributed by atoms with E-state index < -0.39 is 12.0 Å². The molecule has 1 aromatic rings. The van der Waals surface area contributed by atoms with Crippen LogP contribution in [0.4, 0.5) is 0 Å². The highest BCUT2D eigenvalue weighted by atomic mass is 16.4. The molecular formula is C18H25NO3. The van der Waals surface area contributed by atoms with E-state index in [-0.39, 0.29) is 18.2 Å². The van der Waals surface area contributed by atoms with E-state index >= 15 is 0 Å². The Hall–Kier alpha value is -1.84. The maximum Gasteiger partial charge on any atom is 0.305 e. The van der Waals surface area contributed by atoms with Crippen LogP contribution in [-0.4, -0.2) is 17.0 Å². The van der Waals surface area contributed by atoms with E-state index in [0.29, 0.717) is 0 Å². The lowest BCUT2D eigenvalue weighted by Gasteiger charge is -2.28. The van der Waals surface area contributed by atoms with Crippen molar-refractivity contribution in [1.82, 2.24) is 5.32 Å². The molecule has 0 aromatic heterocycles. The number of carboxylic acids is 1. The predicted molar refractivity (Wildman–Crippen MR) is 85.3 cm³/mol. The highest BCUT2D eigenvalue weighted by Crippen LogP contribution is 2.31. The lowest BCUT2D eigenvalue weighted by atomic mass is 9.80. The average molecular weight is 303 g/mol. The molecule has 0 radical (unpaired) electrons. The zero-order valence-electron chi connectivity index (χ0n) is 13.1. The van der Waals surface area contributed by atoms with E-state index in [1.165, 1.54) is 6.42 Å². The minimum absolute atomic E-state index is 0.00431. The van der Waals surface area contributed by atoms with Crippen LogP contribution in [0.25, 0.3) is 0 Å². The van der Waals surface area contributed by atoms with Crippen LogP contribution in [0.3, 0.4) is 0 Å². The normalized spacial score (nSPS) is 22.8. The highest BCUT2D eigenvalue weighted by molar-refractivity contribution is 5.80. The number of carboxylic acid groups (broad SMARTS) is 1. The van der Waals surface area contributed by atoms with Gasteiger partial charge in [-0.05, 0) is 37.2 Å². The molecule has 22 heavy (non-hydrogen) atoms. The highest BCUT2D eigenvalue weighted by Gasteiger charge is 2.27. The number of aliphatic carboxylic acids is 1. The summed E-state index contributed by atoms with van der Waals surface area (Å²) in [4.78, 5) is 23.5. The number of carbonyl (C=O) groups is 2. The van der Waals surface area contributed by atoms with Crippen molar-refractivity contribution in [3.05, 3.63) is 35.9 Å². The molecule has 1 fully saturated rings. The van der Waals surface area contributed by atoms with Crippen molar-refractivity contribution in [2.75, 3.05) is 0 Å². The van der Waals surface area contributed by atoms with Crippen LogP contribution in [-0.2, 0) is 9.59 Å². The predicted octanol–water partition coefficient (Wildman–Crippen LogP) is 3.54. The molecule has 1 aromatic carbocycles. The van der Waals surface area contributed by atoms with Gasteiger partial charge in [0.1, 0.15) is 0 Å². The van der Waals surface area contributed by atoms with Gasteiger partial charge < -0.3 is 10.4 Å². The van der Waals surface area contributed by atoms with Crippen molar-refractivity contribution >= 4 is 11.9 Å². The topological polar surface area (TPSA) is 66.4 Å². The molecule has 1 aliphatic carbocycles. The summed E-state index contributed by atoms with van der Waals surface area (Å²) in [7, 11) is 0. The van der Waals surface area contributed by atoms with Crippen LogP contribution < -0.4 is 5.32 Å². The summed E-state index contributed by atoms with van der Waals surface area (Å²) in [5, 5.41) is 12.0. The molecule has 0 heterocycles. The Morgan fingerprint density at radius 1 is 1.18 bits per heavy atom. The fourth-order valence-electron chi connectivity index (χ4n) is 3.23. The van der Waals surface area contributed by atoms with E-state index in [0.717, 1.165) is 37.2 Å². The first-order valence-electron chi connectivity index (χ1n) is 8.17. The summed E-state index contributed by atoms with van der Waals surface area (Å²) in [5.41, 5.74) is 0.848. The number of hydrogen-bond donors (Lipinski definition) is 2. The van der Waals surface area contributed by atoms with Gasteiger partial charge in [0.2, 0.25) is 5.91 Å². The molecule has 1 amide bonds. The first-order valence-corrected chi connectivity index (χ1v) is 8.17. The molecule has 0 aliphatic heterocycles. The maximum absolute atomic E-state index is 12.5. The molecule has 0 saturated heterocycles. The van der Waals surface area contributed by atoms with Crippen molar-refractivity contribution in [3.63, 3.8) is 0 Å². The fourth-order valence-corrected chi connectivity index (χ4v) is 3.23. The standard InChI is InChI=1S/C18H25NO3/c1-2-13-8-10-15(11-9-13)18(22)19-16(12-17(20)21)14-6-4-3-5-7-14/h3-7,13,15-16H,2,8-12H2,1H3,(H,19,22)(H,20,21). The number of amides is 1. The number of hydrogen-bond acceptors (Lipinski definition) is 2. The van der Waals surface area contributed by atoms with E-state index in [1.807, 2.05) is 30.3 Å². The number of carbonyl (C=O) groups excluding carboxylic acids is 1. The van der Waals surface area contributed by atoms with Gasteiger partial charge in [0.15, 0.2) is 0 Å². The molecule has 1 atom stereocenters. The summed E-state index contributed by atoms with van der Waals surface area (Å²) >= 11 is 0. The van der Waals surface area contributed by atoms with E-state index in [1.54, 1.807) is 0 Å². The zero-order chi connectivity index (χ0) is 15.9. The Balaban J connectivity index is 1.98. The number of benzene rings is 1. The third kappa shape index (κ3) is 4.58. The van der Waals surface area contributed by atoms with Crippen LogP contribution in [0.5, 0.6) is 0 Å². The van der Waals surface area contributed by atoms with Crippen LogP contribution >= 0.6 is 0 Å². The van der Waals surface area contributed by atoms with Gasteiger partial charge in [-0.25, -0.2) is 0 Å². The van der Waals surface area contributed by atoms with Gasteiger partial charge in [-0.15, -0.1) is 0 Å². The van der Waals surface area contributed by atoms with Gasteiger partial charge in [-0.1, -0.05) is 43.7 Å². The lowest BCUT2D eigenvalue weighted by Crippen LogP contribution is -2.36. The van der Waals surface area contributed by atoms with Gasteiger partial charge in [-0.2, -0.15) is 0 Å². The Labute approximate surface area is 131 Å². The molecule has 0 bridgehead atoms. The second-order valence-electron chi connectivity index (χ2n) is 6.20. The van der Waals surface area contributed by atoms with Gasteiger partial charge in [0.25, 0.3) is 0 Å². The van der Waals surface area contributed by atoms with Crippen molar-refractivity contribution < 1.29 is 14.7 Å². The molecule has 0 spiro atoms. The number of nitrogens with one attached hydrogen (secondary N) is 1. The van der Waals surface area contributed by atoms with Crippen molar-refractivity contribution in [2.24, 2.45) is 11.8 Å². The van der Waals surface area contributed by atoms with Crippen molar-refractivity contribution in [1.29, 1.82) is 0 Å². The van der Waals surface area contributed by atoms with Gasteiger partial charge in [0, 0.05) is 5.92 Å².